The van der Waals surface area contributed by atoms with Gasteiger partial charge in [-0.3, -0.25) is 9.59 Å². The predicted octanol–water partition coefficient (Wildman–Crippen LogP) is -2.04. The standard InChI is InChI=1S/C27H33O8P.C2H5NO.2Na.9H2/c1-3-5-7-9-11-13-15-17-19-21-26(28)33-23-25(24-34-36(30,31)32)35-27(29)22-20-18-16-14-12-10-8-6-4-2;1-2(3)4;;;;;;;;;;;/h25H,4,6,8,10,12,14,16,18,20,22-24H2,1-2H3,(H2,30,31,32);1H3,(H2,3,4);;;9*1H/q;;2*+1;;;;;;;;;/p-2/t25-;;;;;;;;;;;;/m1............/s1. The molecule has 0 bridgehead atoms. The van der Waals surface area contributed by atoms with Gasteiger partial charge < -0.3 is 34.1 Å². The molecule has 2 N–H and O–H groups in total. The Labute approximate surface area is 307 Å². The second kappa shape index (κ2) is 33.8. The Morgan fingerprint density at radius 2 is 1.26 bits per heavy atom. The first-order valence-corrected chi connectivity index (χ1v) is 14.2. The molecule has 0 saturated heterocycles. The minimum absolute atomic E-state index is 0. The van der Waals surface area contributed by atoms with Crippen LogP contribution in [0.1, 0.15) is 97.8 Å². The molecule has 0 aliphatic carbocycles. The van der Waals surface area contributed by atoms with Gasteiger partial charge in [0.1, 0.15) is 6.61 Å². The van der Waals surface area contributed by atoms with Gasteiger partial charge in [0.05, 0.1) is 14.4 Å². The first kappa shape index (κ1) is 47.3. The van der Waals surface area contributed by atoms with Crippen molar-refractivity contribution in [1.29, 1.82) is 0 Å². The smallest absolute Gasteiger partial charge is 0.790 e. The molecule has 236 valence electrons. The summed E-state index contributed by atoms with van der Waals surface area (Å²) in [4.78, 5) is 54.5. The third kappa shape index (κ3) is 42.8. The van der Waals surface area contributed by atoms with E-state index in [0.29, 0.717) is 6.42 Å². The van der Waals surface area contributed by atoms with Crippen LogP contribution < -0.4 is 74.6 Å². The average molecular weight is 638 g/mol. The Bertz CT molecular complexity index is 1170. The van der Waals surface area contributed by atoms with Crippen LogP contribution in [0.3, 0.4) is 0 Å². The summed E-state index contributed by atoms with van der Waals surface area (Å²) in [6, 6.07) is 0. The van der Waals surface area contributed by atoms with Crippen LogP contribution in [0.4, 0.5) is 0 Å². The first-order valence-electron chi connectivity index (χ1n) is 12.7. The molecule has 10 nitrogen and oxygen atoms in total. The summed E-state index contributed by atoms with van der Waals surface area (Å²) in [7, 11) is -5.30. The molecule has 0 aromatic carbocycles. The Balaban J connectivity index is -0.0000000828. The van der Waals surface area contributed by atoms with E-state index in [2.05, 4.69) is 76.4 Å². The van der Waals surface area contributed by atoms with Crippen LogP contribution >= 0.6 is 7.82 Å². The third-order valence-corrected chi connectivity index (χ3v) is 4.79. The van der Waals surface area contributed by atoms with E-state index in [1.54, 1.807) is 6.92 Å². The number of esters is 2. The van der Waals surface area contributed by atoms with Gasteiger partial charge in [-0.25, -0.2) is 4.79 Å². The number of carbonyl (C=O) groups excluding carboxylic acids is 3. The van der Waals surface area contributed by atoms with Crippen LogP contribution in [0.2, 0.25) is 0 Å². The van der Waals surface area contributed by atoms with Gasteiger partial charge in [0.15, 0.2) is 6.10 Å². The van der Waals surface area contributed by atoms with Crippen molar-refractivity contribution in [3.05, 3.63) is 0 Å². The summed E-state index contributed by atoms with van der Waals surface area (Å²) in [6.07, 6.45) is 8.50. The molecular weight excluding hydrogens is 583 g/mol. The number of hydrogen-bond acceptors (Lipinski definition) is 9. The van der Waals surface area contributed by atoms with Gasteiger partial charge in [-0.2, -0.15) is 0 Å². The van der Waals surface area contributed by atoms with Crippen LogP contribution in [0, 0.1) is 59.2 Å². The van der Waals surface area contributed by atoms with E-state index in [1.165, 1.54) is 39.0 Å². The number of primary amides is 1. The number of phosphoric acid groups is 1. The van der Waals surface area contributed by atoms with Crippen LogP contribution in [0.5, 0.6) is 0 Å². The van der Waals surface area contributed by atoms with Crippen LogP contribution in [0.25, 0.3) is 0 Å². The number of ether oxygens (including phenoxy) is 2. The second-order valence-corrected chi connectivity index (χ2v) is 9.17. The molecule has 0 spiro atoms. The molecule has 0 saturated carbocycles. The Kier molecular flexibility index (Phi) is 38.0. The summed E-state index contributed by atoms with van der Waals surface area (Å²) in [5.74, 6) is 21.8. The fourth-order valence-electron chi connectivity index (χ4n) is 2.65. The topological polar surface area (TPSA) is 168 Å². The Morgan fingerprint density at radius 3 is 1.74 bits per heavy atom. The molecule has 0 unspecified atom stereocenters. The number of phosphoric ester groups is 1. The summed E-state index contributed by atoms with van der Waals surface area (Å²) in [6.45, 7) is 3.80. The number of nitrogens with two attached hydrogens (primary N) is 1. The maximum absolute atomic E-state index is 12.1. The van der Waals surface area contributed by atoms with Crippen LogP contribution in [-0.4, -0.2) is 37.2 Å². The van der Waals surface area contributed by atoms with E-state index < -0.39 is 39.1 Å². The summed E-state index contributed by atoms with van der Waals surface area (Å²) < 4.78 is 24.9. The average Bonchev–Trinajstić information content (AvgIpc) is 2.87. The first-order chi connectivity index (χ1) is 19.0. The summed E-state index contributed by atoms with van der Waals surface area (Å²) in [5, 5.41) is 0. The molecule has 0 fully saturated rings. The zero-order valence-electron chi connectivity index (χ0n) is 25.3. The molecule has 0 radical (unpaired) electrons. The summed E-state index contributed by atoms with van der Waals surface area (Å²) >= 11 is 0. The molecule has 1 atom stereocenters. The predicted molar refractivity (Wildman–Crippen MR) is 165 cm³/mol. The second-order valence-electron chi connectivity index (χ2n) is 8.02. The maximum Gasteiger partial charge on any atom is 1.00 e. The van der Waals surface area contributed by atoms with Gasteiger partial charge in [-0.1, -0.05) is 64.2 Å². The van der Waals surface area contributed by atoms with Crippen molar-refractivity contribution in [3.8, 4) is 59.2 Å². The van der Waals surface area contributed by atoms with Gasteiger partial charge in [0.25, 0.3) is 0 Å². The van der Waals surface area contributed by atoms with Gasteiger partial charge in [-0.05, 0) is 60.7 Å². The van der Waals surface area contributed by atoms with Crippen LogP contribution in [-0.2, 0) is 32.9 Å². The van der Waals surface area contributed by atoms with Crippen molar-refractivity contribution in [2.45, 2.75) is 91.1 Å². The number of amides is 1. The van der Waals surface area contributed by atoms with Crippen molar-refractivity contribution >= 4 is 25.7 Å². The monoisotopic (exact) mass is 637 g/mol. The quantitative estimate of drug-likeness (QED) is 0.0501. The third-order valence-electron chi connectivity index (χ3n) is 4.33. The molecule has 1 amide bonds. The van der Waals surface area contributed by atoms with E-state index in [1.807, 2.05) is 0 Å². The molecule has 0 aliphatic rings. The minimum atomic E-state index is -5.30. The largest absolute Gasteiger partial charge is 1.00 e. The molecule has 0 heterocycles. The Hall–Kier alpha value is -1.68. The molecule has 0 aliphatic heterocycles. The fraction of sp³-hybridized carbons (Fsp3) is 0.552. The summed E-state index contributed by atoms with van der Waals surface area (Å²) in [5.41, 5.74) is 4.47. The molecule has 0 aromatic heterocycles. The van der Waals surface area contributed by atoms with E-state index in [0.717, 1.165) is 19.3 Å². The fourth-order valence-corrected chi connectivity index (χ4v) is 3.00. The van der Waals surface area contributed by atoms with E-state index in [9.17, 15) is 28.7 Å². The molecule has 0 aromatic rings. The molecular formula is C29H54NNa2O9P. The Morgan fingerprint density at radius 1 is 0.810 bits per heavy atom. The van der Waals surface area contributed by atoms with Crippen molar-refractivity contribution in [2.24, 2.45) is 5.73 Å². The van der Waals surface area contributed by atoms with Gasteiger partial charge in [0.2, 0.25) is 5.91 Å². The number of carbonyl (C=O) groups is 3. The van der Waals surface area contributed by atoms with Gasteiger partial charge >= 0.3 is 71.1 Å². The number of rotatable bonds is 16. The maximum atomic E-state index is 12.1. The van der Waals surface area contributed by atoms with E-state index >= 15 is 0 Å². The van der Waals surface area contributed by atoms with Crippen molar-refractivity contribution in [2.75, 3.05) is 13.2 Å². The van der Waals surface area contributed by atoms with E-state index in [-0.39, 0.29) is 84.3 Å². The number of unbranched alkanes of at least 4 members (excludes halogenated alkanes) is 8. The van der Waals surface area contributed by atoms with Crippen molar-refractivity contribution < 1.29 is 115 Å². The zero-order chi connectivity index (χ0) is 30.5. The number of hydrogen-bond donors (Lipinski definition) is 1. The minimum Gasteiger partial charge on any atom is -0.790 e. The zero-order valence-corrected chi connectivity index (χ0v) is 30.2. The molecule has 42 heavy (non-hydrogen) atoms. The van der Waals surface area contributed by atoms with Gasteiger partial charge in [-0.15, -0.1) is 0 Å². The molecule has 0 rings (SSSR count). The van der Waals surface area contributed by atoms with Crippen LogP contribution in [0.15, 0.2) is 0 Å². The van der Waals surface area contributed by atoms with Crippen molar-refractivity contribution in [1.82, 2.24) is 0 Å². The normalized spacial score (nSPS) is 9.36. The van der Waals surface area contributed by atoms with Gasteiger partial charge in [0, 0.05) is 32.1 Å². The van der Waals surface area contributed by atoms with E-state index in [4.69, 9.17) is 9.47 Å². The van der Waals surface area contributed by atoms with Crippen molar-refractivity contribution in [3.63, 3.8) is 0 Å². The molecule has 13 heteroatoms. The SMILES string of the molecule is CC#CC#CC#CC#CC#CC(=O)OC[C@H](COP(=O)([O-])[O-])OC(=O)CCCCCCCCCCC.CC(N)=O.[HH].[HH].[HH].[HH].[HH].[HH].[HH].[HH].[HH].[Na+].[Na+].